The minimum Gasteiger partial charge on any atom is -0.481 e. The van der Waals surface area contributed by atoms with Crippen molar-refractivity contribution in [3.05, 3.63) is 44.7 Å². The van der Waals surface area contributed by atoms with E-state index in [1.807, 2.05) is 32.9 Å². The number of carbonyl (C=O) groups is 2. The van der Waals surface area contributed by atoms with Gasteiger partial charge in [0.05, 0.1) is 16.6 Å². The molecule has 2 aromatic heterocycles. The Morgan fingerprint density at radius 2 is 1.80 bits per heavy atom. The van der Waals surface area contributed by atoms with Gasteiger partial charge in [-0.2, -0.15) is 0 Å². The van der Waals surface area contributed by atoms with Crippen molar-refractivity contribution in [3.8, 4) is 0 Å². The number of fused-ring (bicyclic) bond motifs is 1. The maximum atomic E-state index is 13.5. The van der Waals surface area contributed by atoms with E-state index in [0.29, 0.717) is 46.0 Å². The van der Waals surface area contributed by atoms with E-state index in [1.54, 1.807) is 17.2 Å². The molecule has 1 fully saturated rings. The average Bonchev–Trinajstić information content (AvgIpc) is 3.18. The van der Waals surface area contributed by atoms with Crippen molar-refractivity contribution in [2.45, 2.75) is 91.1 Å². The summed E-state index contributed by atoms with van der Waals surface area (Å²) in [6.07, 6.45) is 12.3. The standard InChI is InChI=1S/C30H42N4O5S2/c1-21(2)39-19-13-16-31-26-23(28(37)33-18-12-14-22(3)27(33)32-26)20-24-29(38)34(30(40)41-24)17-11-9-7-5-4-6-8-10-15-25(35)36/h12,14,18,20-21,31H,4-11,13,15-17,19H2,1-3H3,(H,35,36). The lowest BCUT2D eigenvalue weighted by Crippen LogP contribution is -2.29. The van der Waals surface area contributed by atoms with Crippen molar-refractivity contribution in [3.63, 3.8) is 0 Å². The fraction of sp³-hybridized carbons (Fsp3) is 0.567. The van der Waals surface area contributed by atoms with E-state index in [-0.39, 0.29) is 24.0 Å². The number of nitrogens with one attached hydrogen (secondary N) is 1. The first-order valence-electron chi connectivity index (χ1n) is 14.5. The lowest BCUT2D eigenvalue weighted by atomic mass is 10.1. The lowest BCUT2D eigenvalue weighted by Gasteiger charge is -2.14. The number of thiocarbonyl (C=S) groups is 1. The van der Waals surface area contributed by atoms with Gasteiger partial charge in [-0.05, 0) is 57.7 Å². The predicted molar refractivity (Wildman–Crippen MR) is 169 cm³/mol. The number of rotatable bonds is 18. The van der Waals surface area contributed by atoms with Crippen LogP contribution in [-0.4, -0.2) is 61.4 Å². The molecule has 3 heterocycles. The van der Waals surface area contributed by atoms with E-state index in [9.17, 15) is 14.4 Å². The third kappa shape index (κ3) is 9.93. The van der Waals surface area contributed by atoms with E-state index < -0.39 is 5.97 Å². The zero-order valence-corrected chi connectivity index (χ0v) is 26.0. The van der Waals surface area contributed by atoms with Gasteiger partial charge in [-0.3, -0.25) is 23.7 Å². The molecule has 2 N–H and O–H groups in total. The van der Waals surface area contributed by atoms with Crippen molar-refractivity contribution in [2.24, 2.45) is 0 Å². The van der Waals surface area contributed by atoms with Crippen LogP contribution in [0.5, 0.6) is 0 Å². The van der Waals surface area contributed by atoms with Crippen molar-refractivity contribution < 1.29 is 19.4 Å². The number of aliphatic carboxylic acids is 1. The van der Waals surface area contributed by atoms with Gasteiger partial charge in [-0.1, -0.05) is 68.6 Å². The molecule has 9 nitrogen and oxygen atoms in total. The SMILES string of the molecule is Cc1cccn2c(=O)c(C=C3SC(=S)N(CCCCCCCCCCC(=O)O)C3=O)c(NCCCOC(C)C)nc12. The number of hydrogen-bond donors (Lipinski definition) is 2. The van der Waals surface area contributed by atoms with Crippen LogP contribution in [0.15, 0.2) is 28.0 Å². The largest absolute Gasteiger partial charge is 0.481 e. The lowest BCUT2D eigenvalue weighted by molar-refractivity contribution is -0.137. The second-order valence-corrected chi connectivity index (χ2v) is 12.2. The van der Waals surface area contributed by atoms with Crippen LogP contribution in [-0.2, 0) is 14.3 Å². The van der Waals surface area contributed by atoms with E-state index in [0.717, 1.165) is 63.4 Å². The fourth-order valence-corrected chi connectivity index (χ4v) is 5.90. The van der Waals surface area contributed by atoms with Crippen LogP contribution in [0.4, 0.5) is 5.82 Å². The Morgan fingerprint density at radius 1 is 1.12 bits per heavy atom. The summed E-state index contributed by atoms with van der Waals surface area (Å²) in [5.41, 5.74) is 1.55. The van der Waals surface area contributed by atoms with Crippen molar-refractivity contribution in [1.82, 2.24) is 14.3 Å². The first kappa shape index (κ1) is 32.8. The number of nitrogens with zero attached hydrogens (tertiary/aromatic N) is 3. The third-order valence-corrected chi connectivity index (χ3v) is 8.20. The molecule has 0 radical (unpaired) electrons. The van der Waals surface area contributed by atoms with Gasteiger partial charge in [0.25, 0.3) is 11.5 Å². The number of aryl methyl sites for hydroxylation is 1. The van der Waals surface area contributed by atoms with E-state index in [1.165, 1.54) is 16.2 Å². The molecule has 224 valence electrons. The normalized spacial score (nSPS) is 14.6. The van der Waals surface area contributed by atoms with Gasteiger partial charge < -0.3 is 15.2 Å². The summed E-state index contributed by atoms with van der Waals surface area (Å²) < 4.78 is 7.64. The number of carboxylic acid groups (broad SMARTS) is 1. The van der Waals surface area contributed by atoms with E-state index >= 15 is 0 Å². The van der Waals surface area contributed by atoms with Crippen LogP contribution in [0, 0.1) is 6.92 Å². The molecule has 0 unspecified atom stereocenters. The molecule has 1 saturated heterocycles. The number of anilines is 1. The summed E-state index contributed by atoms with van der Waals surface area (Å²) in [5, 5.41) is 12.0. The molecule has 2 aromatic rings. The number of pyridine rings is 1. The molecule has 0 aromatic carbocycles. The molecule has 3 rings (SSSR count). The minimum atomic E-state index is -0.730. The van der Waals surface area contributed by atoms with Crippen molar-refractivity contribution in [1.29, 1.82) is 0 Å². The van der Waals surface area contributed by atoms with Crippen molar-refractivity contribution >= 4 is 57.7 Å². The quantitative estimate of drug-likeness (QED) is 0.120. The van der Waals surface area contributed by atoms with Gasteiger partial charge in [0.2, 0.25) is 0 Å². The molecular formula is C30H42N4O5S2. The Balaban J connectivity index is 1.62. The second-order valence-electron chi connectivity index (χ2n) is 10.6. The Bertz CT molecular complexity index is 1310. The Kier molecular flexibility index (Phi) is 13.3. The molecule has 1 aliphatic heterocycles. The number of carboxylic acids is 1. The molecule has 0 bridgehead atoms. The Labute approximate surface area is 251 Å². The predicted octanol–water partition coefficient (Wildman–Crippen LogP) is 6.03. The van der Waals surface area contributed by atoms with Crippen LogP contribution in [0.3, 0.4) is 0 Å². The zero-order valence-electron chi connectivity index (χ0n) is 24.3. The summed E-state index contributed by atoms with van der Waals surface area (Å²) in [5.74, 6) is -0.461. The van der Waals surface area contributed by atoms with Crippen LogP contribution in [0.1, 0.15) is 89.2 Å². The highest BCUT2D eigenvalue weighted by Gasteiger charge is 2.32. The van der Waals surface area contributed by atoms with Gasteiger partial charge in [-0.25, -0.2) is 4.98 Å². The fourth-order valence-electron chi connectivity index (χ4n) is 4.61. The number of ether oxygens (including phenoxy) is 1. The molecule has 0 saturated carbocycles. The average molecular weight is 603 g/mol. The molecule has 11 heteroatoms. The molecule has 41 heavy (non-hydrogen) atoms. The monoisotopic (exact) mass is 602 g/mol. The molecule has 0 atom stereocenters. The summed E-state index contributed by atoms with van der Waals surface area (Å²) >= 11 is 6.75. The van der Waals surface area contributed by atoms with Gasteiger partial charge in [-0.15, -0.1) is 0 Å². The first-order valence-corrected chi connectivity index (χ1v) is 15.8. The summed E-state index contributed by atoms with van der Waals surface area (Å²) in [6.45, 7) is 7.62. The maximum absolute atomic E-state index is 13.5. The summed E-state index contributed by atoms with van der Waals surface area (Å²) in [4.78, 5) is 44.2. The molecular weight excluding hydrogens is 560 g/mol. The van der Waals surface area contributed by atoms with Crippen LogP contribution >= 0.6 is 24.0 Å². The Hall–Kier alpha value is -2.76. The molecule has 0 spiro atoms. The molecule has 0 aliphatic carbocycles. The van der Waals surface area contributed by atoms with Gasteiger partial charge in [0, 0.05) is 32.3 Å². The number of unbranched alkanes of at least 4 members (excludes halogenated alkanes) is 7. The number of hydrogen-bond acceptors (Lipinski definition) is 8. The highest BCUT2D eigenvalue weighted by molar-refractivity contribution is 8.26. The van der Waals surface area contributed by atoms with Gasteiger partial charge in [0.15, 0.2) is 0 Å². The van der Waals surface area contributed by atoms with E-state index in [2.05, 4.69) is 5.32 Å². The zero-order chi connectivity index (χ0) is 29.8. The highest BCUT2D eigenvalue weighted by Crippen LogP contribution is 2.33. The number of thioether (sulfide) groups is 1. The minimum absolute atomic E-state index is 0.153. The van der Waals surface area contributed by atoms with Crippen LogP contribution < -0.4 is 10.9 Å². The molecule has 1 aliphatic rings. The first-order chi connectivity index (χ1) is 19.7. The third-order valence-electron chi connectivity index (χ3n) is 6.82. The second kappa shape index (κ2) is 16.6. The van der Waals surface area contributed by atoms with Crippen molar-refractivity contribution in [2.75, 3.05) is 25.0 Å². The highest BCUT2D eigenvalue weighted by atomic mass is 32.2. The van der Waals surface area contributed by atoms with Crippen LogP contribution in [0.2, 0.25) is 0 Å². The summed E-state index contributed by atoms with van der Waals surface area (Å²) in [6, 6.07) is 3.72. The van der Waals surface area contributed by atoms with Crippen LogP contribution in [0.25, 0.3) is 11.7 Å². The summed E-state index contributed by atoms with van der Waals surface area (Å²) in [7, 11) is 0. The van der Waals surface area contributed by atoms with E-state index in [4.69, 9.17) is 27.0 Å². The Morgan fingerprint density at radius 3 is 2.49 bits per heavy atom. The maximum Gasteiger partial charge on any atom is 0.303 e. The smallest absolute Gasteiger partial charge is 0.303 e. The topological polar surface area (TPSA) is 113 Å². The number of aromatic nitrogens is 2. The number of carbonyl (C=O) groups excluding carboxylic acids is 1. The van der Waals surface area contributed by atoms with Gasteiger partial charge >= 0.3 is 5.97 Å². The molecule has 1 amide bonds. The number of amides is 1. The van der Waals surface area contributed by atoms with Gasteiger partial charge in [0.1, 0.15) is 15.8 Å².